The number of aromatic nitrogens is 3. The van der Waals surface area contributed by atoms with Crippen LogP contribution in [0.4, 0.5) is 0 Å². The van der Waals surface area contributed by atoms with Crippen molar-refractivity contribution in [2.24, 2.45) is 5.73 Å². The maximum Gasteiger partial charge on any atom is 0.273 e. The van der Waals surface area contributed by atoms with Crippen LogP contribution in [0.5, 0.6) is 0 Å². The summed E-state index contributed by atoms with van der Waals surface area (Å²) in [5.74, 6) is -0.379. The molecule has 0 saturated carbocycles. The molecule has 16 heavy (non-hydrogen) atoms. The summed E-state index contributed by atoms with van der Waals surface area (Å²) in [5, 5.41) is 3.98. The van der Waals surface area contributed by atoms with Gasteiger partial charge >= 0.3 is 0 Å². The summed E-state index contributed by atoms with van der Waals surface area (Å²) in [4.78, 5) is 15.6. The van der Waals surface area contributed by atoms with Gasteiger partial charge in [0, 0.05) is 12.4 Å². The van der Waals surface area contributed by atoms with Crippen LogP contribution in [0.2, 0.25) is 0 Å². The molecule has 0 spiro atoms. The van der Waals surface area contributed by atoms with Crippen molar-refractivity contribution in [3.63, 3.8) is 0 Å². The number of thiocarbonyl (C=S) groups is 1. The number of hydrazine groups is 1. The van der Waals surface area contributed by atoms with Crippen molar-refractivity contribution < 1.29 is 4.79 Å². The summed E-state index contributed by atoms with van der Waals surface area (Å²) in [7, 11) is 0. The maximum atomic E-state index is 11.7. The van der Waals surface area contributed by atoms with Gasteiger partial charge in [0.05, 0.1) is 23.5 Å². The quantitative estimate of drug-likeness (QED) is 0.443. The molecule has 0 radical (unpaired) electrons. The van der Waals surface area contributed by atoms with E-state index < -0.39 is 0 Å². The number of carbonyl (C=O) groups excluding carboxylic acids is 1. The minimum Gasteiger partial charge on any atom is -0.375 e. The van der Waals surface area contributed by atoms with Crippen molar-refractivity contribution in [1.29, 1.82) is 0 Å². The zero-order chi connectivity index (χ0) is 11.5. The van der Waals surface area contributed by atoms with Crippen LogP contribution in [0.1, 0.15) is 10.4 Å². The fraction of sp³-hybridized carbons (Fsp3) is 0. The van der Waals surface area contributed by atoms with Gasteiger partial charge in [-0.05, 0) is 12.2 Å². The summed E-state index contributed by atoms with van der Waals surface area (Å²) in [5.41, 5.74) is 10.9. The second kappa shape index (κ2) is 4.11. The highest BCUT2D eigenvalue weighted by molar-refractivity contribution is 7.80. The fourth-order valence-corrected chi connectivity index (χ4v) is 1.25. The fourth-order valence-electron chi connectivity index (χ4n) is 1.20. The standard InChI is InChI=1S/C8H8N6OS/c9-8(16)13-12-7(15)5-3-11-14-2-1-10-4-6(5)14/h1-4H,(H,12,15)(H3,9,13,16). The molecule has 4 N–H and O–H groups in total. The Morgan fingerprint density at radius 3 is 3.00 bits per heavy atom. The van der Waals surface area contributed by atoms with E-state index in [4.69, 9.17) is 5.73 Å². The van der Waals surface area contributed by atoms with Crippen LogP contribution in [0.15, 0.2) is 24.8 Å². The lowest BCUT2D eigenvalue weighted by molar-refractivity contribution is 0.0945. The van der Waals surface area contributed by atoms with Gasteiger partial charge in [-0.25, -0.2) is 4.52 Å². The monoisotopic (exact) mass is 236 g/mol. The lowest BCUT2D eigenvalue weighted by Gasteiger charge is -2.04. The molecule has 2 aromatic rings. The van der Waals surface area contributed by atoms with Crippen molar-refractivity contribution in [2.75, 3.05) is 0 Å². The van der Waals surface area contributed by atoms with E-state index in [1.165, 1.54) is 6.20 Å². The van der Waals surface area contributed by atoms with E-state index in [-0.39, 0.29) is 11.0 Å². The average Bonchev–Trinajstić information content (AvgIpc) is 2.69. The molecule has 8 heteroatoms. The minimum atomic E-state index is -0.379. The Labute approximate surface area is 95.6 Å². The molecule has 0 aliphatic rings. The summed E-state index contributed by atoms with van der Waals surface area (Å²) < 4.78 is 1.54. The molecule has 0 aromatic carbocycles. The van der Waals surface area contributed by atoms with Crippen LogP contribution in [-0.4, -0.2) is 25.6 Å². The number of amides is 1. The summed E-state index contributed by atoms with van der Waals surface area (Å²) >= 11 is 4.56. The molecule has 0 unspecified atom stereocenters. The second-order valence-electron chi connectivity index (χ2n) is 2.91. The molecule has 0 bridgehead atoms. The first-order valence-corrected chi connectivity index (χ1v) is 4.72. The first kappa shape index (κ1) is 10.3. The molecule has 0 aliphatic heterocycles. The van der Waals surface area contributed by atoms with Gasteiger partial charge in [0.15, 0.2) is 5.11 Å². The third-order valence-electron chi connectivity index (χ3n) is 1.87. The van der Waals surface area contributed by atoms with Gasteiger partial charge in [0.25, 0.3) is 5.91 Å². The van der Waals surface area contributed by atoms with E-state index in [1.807, 2.05) is 0 Å². The van der Waals surface area contributed by atoms with Gasteiger partial charge in [-0.3, -0.25) is 20.6 Å². The highest BCUT2D eigenvalue weighted by Crippen LogP contribution is 2.07. The van der Waals surface area contributed by atoms with Crippen LogP contribution in [0, 0.1) is 0 Å². The van der Waals surface area contributed by atoms with E-state index in [9.17, 15) is 4.79 Å². The minimum absolute atomic E-state index is 0.0112. The van der Waals surface area contributed by atoms with Crippen molar-refractivity contribution in [3.8, 4) is 0 Å². The number of nitrogens with zero attached hydrogens (tertiary/aromatic N) is 3. The molecule has 0 saturated heterocycles. The molecule has 7 nitrogen and oxygen atoms in total. The van der Waals surface area contributed by atoms with Crippen molar-refractivity contribution >= 4 is 28.8 Å². The zero-order valence-electron chi connectivity index (χ0n) is 8.04. The first-order chi connectivity index (χ1) is 7.68. The summed E-state index contributed by atoms with van der Waals surface area (Å²) in [6.07, 6.45) is 6.21. The molecule has 0 fully saturated rings. The predicted octanol–water partition coefficient (Wildman–Crippen LogP) is -0.793. The largest absolute Gasteiger partial charge is 0.375 e. The normalized spacial score (nSPS) is 10.0. The molecule has 2 rings (SSSR count). The Morgan fingerprint density at radius 2 is 2.25 bits per heavy atom. The van der Waals surface area contributed by atoms with Gasteiger partial charge in [0.1, 0.15) is 0 Å². The van der Waals surface area contributed by atoms with Gasteiger partial charge in [-0.1, -0.05) is 0 Å². The second-order valence-corrected chi connectivity index (χ2v) is 3.35. The highest BCUT2D eigenvalue weighted by atomic mass is 32.1. The topological polar surface area (TPSA) is 97.3 Å². The molecule has 82 valence electrons. The van der Waals surface area contributed by atoms with Gasteiger partial charge in [-0.2, -0.15) is 5.10 Å². The number of hydrogen-bond acceptors (Lipinski definition) is 4. The third-order valence-corrected chi connectivity index (χ3v) is 1.97. The Balaban J connectivity index is 2.26. The Kier molecular flexibility index (Phi) is 2.64. The van der Waals surface area contributed by atoms with Gasteiger partial charge < -0.3 is 5.73 Å². The molecule has 2 aromatic heterocycles. The van der Waals surface area contributed by atoms with Crippen LogP contribution >= 0.6 is 12.2 Å². The molecular formula is C8H8N6OS. The van der Waals surface area contributed by atoms with E-state index in [2.05, 4.69) is 33.2 Å². The van der Waals surface area contributed by atoms with Crippen molar-refractivity contribution in [2.45, 2.75) is 0 Å². The highest BCUT2D eigenvalue weighted by Gasteiger charge is 2.11. The van der Waals surface area contributed by atoms with Gasteiger partial charge in [0.2, 0.25) is 0 Å². The smallest absolute Gasteiger partial charge is 0.273 e. The van der Waals surface area contributed by atoms with Crippen LogP contribution < -0.4 is 16.6 Å². The van der Waals surface area contributed by atoms with E-state index >= 15 is 0 Å². The lowest BCUT2D eigenvalue weighted by Crippen LogP contribution is -2.44. The average molecular weight is 236 g/mol. The number of nitrogens with one attached hydrogen (secondary N) is 2. The van der Waals surface area contributed by atoms with E-state index in [0.717, 1.165) is 0 Å². The molecule has 0 atom stereocenters. The van der Waals surface area contributed by atoms with E-state index in [1.54, 1.807) is 23.1 Å². The van der Waals surface area contributed by atoms with Crippen LogP contribution in [-0.2, 0) is 0 Å². The number of hydrogen-bond donors (Lipinski definition) is 3. The van der Waals surface area contributed by atoms with Crippen molar-refractivity contribution in [3.05, 3.63) is 30.4 Å². The summed E-state index contributed by atoms with van der Waals surface area (Å²) in [6.45, 7) is 0. The molecule has 0 aliphatic carbocycles. The zero-order valence-corrected chi connectivity index (χ0v) is 8.86. The number of rotatable bonds is 1. The Morgan fingerprint density at radius 1 is 1.44 bits per heavy atom. The SMILES string of the molecule is NC(=S)NNC(=O)c1cnn2ccncc12. The van der Waals surface area contributed by atoms with Crippen LogP contribution in [0.3, 0.4) is 0 Å². The van der Waals surface area contributed by atoms with E-state index in [0.29, 0.717) is 11.1 Å². The first-order valence-electron chi connectivity index (χ1n) is 4.31. The number of fused-ring (bicyclic) bond motifs is 1. The third kappa shape index (κ3) is 1.91. The predicted molar refractivity (Wildman–Crippen MR) is 60.4 cm³/mol. The van der Waals surface area contributed by atoms with Gasteiger partial charge in [-0.15, -0.1) is 0 Å². The Hall–Kier alpha value is -2.22. The summed E-state index contributed by atoms with van der Waals surface area (Å²) in [6, 6.07) is 0. The maximum absolute atomic E-state index is 11.7. The Bertz CT molecular complexity index is 550. The van der Waals surface area contributed by atoms with Crippen molar-refractivity contribution in [1.82, 2.24) is 25.4 Å². The number of carbonyl (C=O) groups is 1. The number of nitrogens with two attached hydrogens (primary N) is 1. The van der Waals surface area contributed by atoms with Crippen LogP contribution in [0.25, 0.3) is 5.52 Å². The molecular weight excluding hydrogens is 228 g/mol. The molecule has 1 amide bonds. The molecule has 2 heterocycles. The lowest BCUT2D eigenvalue weighted by atomic mass is 10.3.